The fraction of sp³-hybridized carbons (Fsp3) is 0.583. The minimum Gasteiger partial charge on any atom is -0.475 e. The SMILES string of the molecule is CCCC1C(C(=O)N2CCC(C#N)(c3ccccc3OC(N)CCC3(C(=O)N=O)CCC3)CC2)CCCN1C(=O)c1ncccc1C(F)(F)F. The monoisotopic (exact) mass is 696 g/mol. The number of nitrogens with zero attached hydrogens (tertiary/aromatic N) is 5. The third-order valence-corrected chi connectivity index (χ3v) is 10.8. The molecule has 1 aromatic heterocycles. The first-order valence-corrected chi connectivity index (χ1v) is 17.3. The third kappa shape index (κ3) is 7.38. The summed E-state index contributed by atoms with van der Waals surface area (Å²) in [6.45, 7) is 2.65. The Labute approximate surface area is 289 Å². The highest BCUT2D eigenvalue weighted by Gasteiger charge is 2.47. The maximum Gasteiger partial charge on any atom is 0.418 e. The average molecular weight is 697 g/mol. The molecular weight excluding hydrogens is 653 g/mol. The van der Waals surface area contributed by atoms with E-state index in [1.165, 1.54) is 4.90 Å². The number of hydrogen-bond donors (Lipinski definition) is 1. The predicted molar refractivity (Wildman–Crippen MR) is 176 cm³/mol. The lowest BCUT2D eigenvalue weighted by atomic mass is 9.65. The summed E-state index contributed by atoms with van der Waals surface area (Å²) in [7, 11) is 0. The van der Waals surface area contributed by atoms with Crippen molar-refractivity contribution < 1.29 is 32.3 Å². The summed E-state index contributed by atoms with van der Waals surface area (Å²) in [5, 5.41) is 13.2. The quantitative estimate of drug-likeness (QED) is 0.218. The van der Waals surface area contributed by atoms with Gasteiger partial charge in [0.1, 0.15) is 17.7 Å². The van der Waals surface area contributed by atoms with E-state index < -0.39 is 58.3 Å². The summed E-state index contributed by atoms with van der Waals surface area (Å²) in [4.78, 5) is 57.6. The number of piperidine rings is 2. The van der Waals surface area contributed by atoms with Crippen molar-refractivity contribution in [2.75, 3.05) is 19.6 Å². The zero-order valence-corrected chi connectivity index (χ0v) is 28.2. The molecule has 3 amide bonds. The van der Waals surface area contributed by atoms with Crippen molar-refractivity contribution >= 4 is 17.7 Å². The molecule has 268 valence electrons. The van der Waals surface area contributed by atoms with Crippen molar-refractivity contribution in [3.63, 3.8) is 0 Å². The second kappa shape index (κ2) is 15.2. The first-order valence-electron chi connectivity index (χ1n) is 17.3. The minimum absolute atomic E-state index is 0.180. The first-order chi connectivity index (χ1) is 23.9. The minimum atomic E-state index is -4.76. The van der Waals surface area contributed by atoms with Gasteiger partial charge in [-0.05, 0) is 76.0 Å². The van der Waals surface area contributed by atoms with E-state index in [0.29, 0.717) is 75.5 Å². The van der Waals surface area contributed by atoms with Crippen molar-refractivity contribution in [1.29, 1.82) is 5.26 Å². The van der Waals surface area contributed by atoms with Crippen molar-refractivity contribution in [3.8, 4) is 11.8 Å². The zero-order valence-electron chi connectivity index (χ0n) is 28.2. The molecule has 0 spiro atoms. The zero-order chi connectivity index (χ0) is 36.1. The molecule has 2 aliphatic heterocycles. The number of rotatable bonds is 11. The number of pyridine rings is 1. The smallest absolute Gasteiger partial charge is 0.418 e. The summed E-state index contributed by atoms with van der Waals surface area (Å²) in [6.07, 6.45) is 0.947. The Morgan fingerprint density at radius 3 is 2.44 bits per heavy atom. The van der Waals surface area contributed by atoms with Crippen LogP contribution in [0, 0.1) is 27.6 Å². The lowest BCUT2D eigenvalue weighted by molar-refractivity contribution is -0.141. The van der Waals surface area contributed by atoms with Gasteiger partial charge in [0.05, 0.1) is 28.4 Å². The molecule has 3 heterocycles. The number of nitrogens with two attached hydrogens (primary N) is 1. The van der Waals surface area contributed by atoms with Crippen molar-refractivity contribution in [2.45, 2.75) is 101 Å². The number of carbonyl (C=O) groups is 3. The van der Waals surface area contributed by atoms with E-state index in [1.54, 1.807) is 23.1 Å². The van der Waals surface area contributed by atoms with Gasteiger partial charge in [0, 0.05) is 42.6 Å². The topological polar surface area (TPSA) is 159 Å². The van der Waals surface area contributed by atoms with Crippen LogP contribution in [-0.4, -0.2) is 64.4 Å². The van der Waals surface area contributed by atoms with Gasteiger partial charge in [0.25, 0.3) is 11.8 Å². The number of alkyl halides is 3. The molecule has 50 heavy (non-hydrogen) atoms. The number of carbonyl (C=O) groups excluding carboxylic acids is 3. The number of para-hydroxylation sites is 1. The standard InChI is InChI=1S/C36H43F3N6O5/c1-2-8-27-24(9-6-20-45(27)32(47)30-26(36(37,38)39)11-5-19-42-30)31(46)44-21-17-35(23-40,18-22-44)25-10-3-4-12-28(25)50-29(41)13-16-34(14-7-15-34)33(48)43-49/h3-5,10-12,19,24,27,29H,2,6-9,13-18,20-22,41H2,1H3. The Morgan fingerprint density at radius 1 is 1.10 bits per heavy atom. The van der Waals surface area contributed by atoms with Crippen LogP contribution in [0.4, 0.5) is 13.2 Å². The largest absolute Gasteiger partial charge is 0.475 e. The van der Waals surface area contributed by atoms with E-state index >= 15 is 0 Å². The number of amides is 3. The van der Waals surface area contributed by atoms with Gasteiger partial charge in [-0.3, -0.25) is 25.1 Å². The van der Waals surface area contributed by atoms with Crippen LogP contribution in [0.1, 0.15) is 99.2 Å². The molecule has 1 aliphatic carbocycles. The molecule has 1 aromatic carbocycles. The van der Waals surface area contributed by atoms with Crippen LogP contribution in [0.3, 0.4) is 0 Å². The highest BCUT2D eigenvalue weighted by molar-refractivity contribution is 5.95. The van der Waals surface area contributed by atoms with Gasteiger partial charge < -0.3 is 14.5 Å². The van der Waals surface area contributed by atoms with Crippen molar-refractivity contribution in [1.82, 2.24) is 14.8 Å². The van der Waals surface area contributed by atoms with Crippen LogP contribution in [0.5, 0.6) is 5.75 Å². The molecule has 3 unspecified atom stereocenters. The van der Waals surface area contributed by atoms with Crippen LogP contribution in [-0.2, 0) is 21.2 Å². The molecule has 3 aliphatic rings. The van der Waals surface area contributed by atoms with Crippen LogP contribution in [0.2, 0.25) is 0 Å². The average Bonchev–Trinajstić information content (AvgIpc) is 3.10. The van der Waals surface area contributed by atoms with Crippen LogP contribution >= 0.6 is 0 Å². The summed E-state index contributed by atoms with van der Waals surface area (Å²) < 4.78 is 47.4. The Balaban J connectivity index is 1.28. The number of hydrogen-bond acceptors (Lipinski definition) is 8. The van der Waals surface area contributed by atoms with Gasteiger partial charge in [0.15, 0.2) is 0 Å². The van der Waals surface area contributed by atoms with Gasteiger partial charge in [-0.25, -0.2) is 0 Å². The normalized spacial score (nSPS) is 22.1. The molecular formula is C36H43F3N6O5. The Kier molecular flexibility index (Phi) is 11.2. The number of halogens is 3. The highest BCUT2D eigenvalue weighted by Crippen LogP contribution is 2.47. The van der Waals surface area contributed by atoms with E-state index in [1.807, 2.05) is 13.0 Å². The molecule has 3 atom stereocenters. The summed E-state index contributed by atoms with van der Waals surface area (Å²) in [5.74, 6) is -1.84. The fourth-order valence-corrected chi connectivity index (χ4v) is 7.85. The third-order valence-electron chi connectivity index (χ3n) is 10.8. The van der Waals surface area contributed by atoms with Crippen LogP contribution in [0.25, 0.3) is 0 Å². The second-order valence-corrected chi connectivity index (χ2v) is 13.7. The number of nitriles is 1. The maximum absolute atomic E-state index is 14.1. The van der Waals surface area contributed by atoms with Gasteiger partial charge in [0.2, 0.25) is 5.91 Å². The second-order valence-electron chi connectivity index (χ2n) is 13.7. The molecule has 11 nitrogen and oxygen atoms in total. The van der Waals surface area contributed by atoms with Crippen LogP contribution < -0.4 is 10.5 Å². The van der Waals surface area contributed by atoms with E-state index in [2.05, 4.69) is 16.2 Å². The lowest BCUT2D eigenvalue weighted by Crippen LogP contribution is -2.55. The van der Waals surface area contributed by atoms with Crippen molar-refractivity contribution in [3.05, 3.63) is 64.3 Å². The molecule has 2 N–H and O–H groups in total. The number of aromatic nitrogens is 1. The molecule has 0 radical (unpaired) electrons. The van der Waals surface area contributed by atoms with Crippen LogP contribution in [0.15, 0.2) is 47.8 Å². The Morgan fingerprint density at radius 2 is 1.82 bits per heavy atom. The van der Waals surface area contributed by atoms with Gasteiger partial charge in [-0.1, -0.05) is 38.0 Å². The van der Waals surface area contributed by atoms with Gasteiger partial charge >= 0.3 is 6.18 Å². The maximum atomic E-state index is 14.1. The number of ether oxygens (including phenoxy) is 1. The van der Waals surface area contributed by atoms with E-state index in [9.17, 15) is 37.7 Å². The fourth-order valence-electron chi connectivity index (χ4n) is 7.85. The Bertz CT molecular complexity index is 1620. The number of nitroso groups, excluding NO2 is 1. The number of likely N-dealkylation sites (tertiary alicyclic amines) is 2. The molecule has 5 rings (SSSR count). The summed E-state index contributed by atoms with van der Waals surface area (Å²) in [6, 6.07) is 11.0. The van der Waals surface area contributed by atoms with Gasteiger partial charge in [-0.15, -0.1) is 4.91 Å². The molecule has 3 fully saturated rings. The lowest BCUT2D eigenvalue weighted by Gasteiger charge is -2.44. The van der Waals surface area contributed by atoms with E-state index in [0.717, 1.165) is 24.8 Å². The predicted octanol–water partition coefficient (Wildman–Crippen LogP) is 6.11. The van der Waals surface area contributed by atoms with Crippen molar-refractivity contribution in [2.24, 2.45) is 22.2 Å². The summed E-state index contributed by atoms with van der Waals surface area (Å²) >= 11 is 0. The first kappa shape index (κ1) is 36.9. The molecule has 0 bridgehead atoms. The van der Waals surface area contributed by atoms with Gasteiger partial charge in [-0.2, -0.15) is 18.4 Å². The summed E-state index contributed by atoms with van der Waals surface area (Å²) in [5.41, 5.74) is 3.44. The van der Waals surface area contributed by atoms with E-state index in [-0.39, 0.29) is 25.5 Å². The molecule has 2 saturated heterocycles. The Hall–Kier alpha value is -4.38. The highest BCUT2D eigenvalue weighted by atomic mass is 19.4. The molecule has 1 saturated carbocycles. The number of benzene rings is 1. The van der Waals surface area contributed by atoms with E-state index in [4.69, 9.17) is 10.5 Å². The molecule has 14 heteroatoms. The molecule has 2 aromatic rings.